The molecule has 13 rings (SSSR count). The maximum absolute atomic E-state index is 2.91. The van der Waals surface area contributed by atoms with Gasteiger partial charge in [-0.2, -0.15) is 0 Å². The summed E-state index contributed by atoms with van der Waals surface area (Å²) in [6.45, 7) is 23.3. The lowest BCUT2D eigenvalue weighted by Gasteiger charge is -2.14. The highest BCUT2D eigenvalue weighted by molar-refractivity contribution is 6.40. The van der Waals surface area contributed by atoms with Crippen molar-refractivity contribution in [3.8, 4) is 66.8 Å². The molecule has 0 atom stereocenters. The number of hydrogen-bond donors (Lipinski definition) is 0. The lowest BCUT2D eigenvalue weighted by Crippen LogP contribution is -2.02. The molecule has 13 aromatic rings. The Morgan fingerprint density at radius 3 is 0.533 bits per heavy atom. The van der Waals surface area contributed by atoms with Crippen LogP contribution in [0.1, 0.15) is 247 Å². The fourth-order valence-electron chi connectivity index (χ4n) is 17.5. The number of aryl methyl sites for hydroxylation is 9. The molecule has 0 aliphatic heterocycles. The second kappa shape index (κ2) is 36.3. The molecular weight excluding hydrogens is 1270 g/mol. The van der Waals surface area contributed by atoms with Gasteiger partial charge in [-0.05, 0) is 164 Å². The Balaban J connectivity index is 1.17. The van der Waals surface area contributed by atoms with E-state index in [1.165, 1.54) is 339 Å². The topological polar surface area (TPSA) is 14.8 Å². The average Bonchev–Trinajstić information content (AvgIpc) is 1.51. The molecule has 0 unspecified atom stereocenters. The first-order valence-corrected chi connectivity index (χ1v) is 42.1. The van der Waals surface area contributed by atoms with Crippen LogP contribution >= 0.6 is 0 Å². The van der Waals surface area contributed by atoms with E-state index in [0.29, 0.717) is 0 Å². The minimum atomic E-state index is 0.944. The summed E-state index contributed by atoms with van der Waals surface area (Å²) >= 11 is 0. The van der Waals surface area contributed by atoms with Crippen molar-refractivity contribution in [2.75, 3.05) is 0 Å². The Hall–Kier alpha value is -8.40. The van der Waals surface area contributed by atoms with Crippen molar-refractivity contribution in [1.29, 1.82) is 0 Å². The van der Waals surface area contributed by atoms with Gasteiger partial charge in [0, 0.05) is 68.5 Å². The van der Waals surface area contributed by atoms with E-state index in [-0.39, 0.29) is 0 Å². The van der Waals surface area contributed by atoms with Crippen molar-refractivity contribution in [2.24, 2.45) is 0 Å². The van der Waals surface area contributed by atoms with Gasteiger partial charge in [-0.15, -0.1) is 0 Å². The molecule has 0 radical (unpaired) electrons. The van der Waals surface area contributed by atoms with Crippen LogP contribution in [0.5, 0.6) is 0 Å². The predicted molar refractivity (Wildman–Crippen MR) is 462 cm³/mol. The summed E-state index contributed by atoms with van der Waals surface area (Å²) in [7, 11) is 0. The number of rotatable bonds is 39. The molecule has 0 bridgehead atoms. The largest absolute Gasteiger partial charge is 0.340 e. The van der Waals surface area contributed by atoms with E-state index < -0.39 is 0 Å². The van der Waals surface area contributed by atoms with Crippen molar-refractivity contribution in [2.45, 2.75) is 275 Å². The van der Waals surface area contributed by atoms with Crippen LogP contribution in [0.15, 0.2) is 182 Å². The van der Waals surface area contributed by atoms with Crippen LogP contribution in [0.2, 0.25) is 0 Å². The van der Waals surface area contributed by atoms with Crippen LogP contribution in [0.4, 0.5) is 0 Å². The van der Waals surface area contributed by atoms with Crippen LogP contribution in [-0.4, -0.2) is 13.7 Å². The number of fused-ring (bicyclic) bond motifs is 12. The molecule has 0 fully saturated rings. The number of unbranched alkanes of at least 4 members (excludes halogenated alkanes) is 27. The average molecular weight is 1390 g/mol. The Morgan fingerprint density at radius 2 is 0.352 bits per heavy atom. The van der Waals surface area contributed by atoms with Crippen LogP contribution in [0.25, 0.3) is 132 Å². The molecule has 3 nitrogen and oxygen atoms in total. The van der Waals surface area contributed by atoms with Gasteiger partial charge in [-0.3, -0.25) is 0 Å². The standard InChI is InChI=1S/C102H123N3/c1-10-13-16-19-22-25-28-31-34-37-64-103-94-70-88(82-58-46-76(7)47-59-82)85(79-52-40-73(4)41-53-79)67-91(94)97-100(103)98-92-68-86(80-54-42-74(5)43-55-80)89(83-60-48-77(8)49-61-83)71-95(92)104(65-38-35-32-29-26-23-20-17-14-11-2)102(98)99-93-69-87(81-56-44-75(6)45-57-81)90(84-62-50-78(9)51-63-84)72-96(93)105(101(97)99)66-39-36-33-30-27-24-21-18-15-12-3/h40-63,67-72H,10-39,64-66H2,1-9H3. The van der Waals surface area contributed by atoms with Crippen LogP contribution < -0.4 is 0 Å². The molecule has 105 heavy (non-hydrogen) atoms. The summed E-state index contributed by atoms with van der Waals surface area (Å²) in [5.41, 5.74) is 31.4. The Kier molecular flexibility index (Phi) is 25.9. The van der Waals surface area contributed by atoms with Crippen molar-refractivity contribution >= 4 is 65.4 Å². The van der Waals surface area contributed by atoms with E-state index in [4.69, 9.17) is 0 Å². The van der Waals surface area contributed by atoms with Crippen molar-refractivity contribution in [1.82, 2.24) is 13.7 Å². The predicted octanol–water partition coefficient (Wildman–Crippen LogP) is 31.6. The lowest BCUT2D eigenvalue weighted by molar-refractivity contribution is 0.541. The summed E-state index contributed by atoms with van der Waals surface area (Å²) in [6.07, 6.45) is 39.1. The molecule has 0 amide bonds. The van der Waals surface area contributed by atoms with Crippen molar-refractivity contribution in [3.05, 3.63) is 215 Å². The van der Waals surface area contributed by atoms with E-state index in [1.807, 2.05) is 0 Å². The second-order valence-electron chi connectivity index (χ2n) is 32.1. The molecule has 3 heterocycles. The Bertz CT molecular complexity index is 4430. The highest BCUT2D eigenvalue weighted by Crippen LogP contribution is 2.53. The maximum atomic E-state index is 2.91. The van der Waals surface area contributed by atoms with Gasteiger partial charge in [0.05, 0.1) is 16.6 Å². The van der Waals surface area contributed by atoms with Gasteiger partial charge < -0.3 is 13.7 Å². The van der Waals surface area contributed by atoms with Gasteiger partial charge >= 0.3 is 0 Å². The van der Waals surface area contributed by atoms with Crippen LogP contribution in [-0.2, 0) is 19.6 Å². The molecular formula is C102H123N3. The SMILES string of the molecule is CCCCCCCCCCCCn1c2cc(-c3ccc(C)cc3)c(-c3ccc(C)cc3)cc2c2c1c1c3cc(-c4ccc(C)cc4)c(-c4ccc(C)cc4)cc3n(CCCCCCCCCCCC)c1c1c3cc(-c4ccc(C)cc4)c(-c4ccc(C)cc4)cc3n(CCCCCCCCCCCC)c21. The van der Waals surface area contributed by atoms with Gasteiger partial charge in [0.1, 0.15) is 0 Å². The third-order valence-electron chi connectivity index (χ3n) is 23.7. The fraction of sp³-hybridized carbons (Fsp3) is 0.412. The van der Waals surface area contributed by atoms with Crippen LogP contribution in [0.3, 0.4) is 0 Å². The van der Waals surface area contributed by atoms with Gasteiger partial charge in [-0.1, -0.05) is 373 Å². The summed E-state index contributed by atoms with van der Waals surface area (Å²) in [6, 6.07) is 72.7. The summed E-state index contributed by atoms with van der Waals surface area (Å²) in [4.78, 5) is 0. The molecule has 0 spiro atoms. The van der Waals surface area contributed by atoms with Gasteiger partial charge in [0.25, 0.3) is 0 Å². The first kappa shape index (κ1) is 74.9. The quantitative estimate of drug-likeness (QED) is 0.0341. The van der Waals surface area contributed by atoms with Gasteiger partial charge in [0.15, 0.2) is 0 Å². The molecule has 0 aliphatic rings. The van der Waals surface area contributed by atoms with Crippen molar-refractivity contribution in [3.63, 3.8) is 0 Å². The molecule has 0 saturated carbocycles. The molecule has 0 N–H and O–H groups in total. The zero-order valence-electron chi connectivity index (χ0n) is 66.0. The number of aromatic nitrogens is 3. The summed E-state index contributed by atoms with van der Waals surface area (Å²) in [5.74, 6) is 0. The normalized spacial score (nSPS) is 12.0. The molecule has 546 valence electrons. The van der Waals surface area contributed by atoms with Crippen molar-refractivity contribution < 1.29 is 0 Å². The number of hydrogen-bond acceptors (Lipinski definition) is 0. The minimum absolute atomic E-state index is 0.944. The Morgan fingerprint density at radius 1 is 0.190 bits per heavy atom. The summed E-state index contributed by atoms with van der Waals surface area (Å²) < 4.78 is 8.74. The highest BCUT2D eigenvalue weighted by Gasteiger charge is 2.31. The Labute approximate surface area is 631 Å². The first-order chi connectivity index (χ1) is 51.5. The van der Waals surface area contributed by atoms with Gasteiger partial charge in [0.2, 0.25) is 0 Å². The van der Waals surface area contributed by atoms with Gasteiger partial charge in [-0.25, -0.2) is 0 Å². The maximum Gasteiger partial charge on any atom is 0.0614 e. The fourth-order valence-corrected chi connectivity index (χ4v) is 17.5. The monoisotopic (exact) mass is 1390 g/mol. The zero-order chi connectivity index (χ0) is 72.6. The minimum Gasteiger partial charge on any atom is -0.340 e. The lowest BCUT2D eigenvalue weighted by atomic mass is 9.90. The third kappa shape index (κ3) is 17.4. The zero-order valence-corrected chi connectivity index (χ0v) is 66.0. The van der Waals surface area contributed by atoms with E-state index in [9.17, 15) is 0 Å². The second-order valence-corrected chi connectivity index (χ2v) is 32.1. The van der Waals surface area contributed by atoms with E-state index in [0.717, 1.165) is 38.9 Å². The van der Waals surface area contributed by atoms with E-state index in [1.54, 1.807) is 0 Å². The molecule has 3 aromatic heterocycles. The number of benzene rings is 10. The molecule has 0 saturated heterocycles. The molecule has 10 aromatic carbocycles. The van der Waals surface area contributed by atoms with E-state index in [2.05, 4.69) is 258 Å². The smallest absolute Gasteiger partial charge is 0.0614 e. The molecule has 3 heteroatoms. The highest BCUT2D eigenvalue weighted by atomic mass is 15.0. The molecule has 0 aliphatic carbocycles. The summed E-state index contributed by atoms with van der Waals surface area (Å²) in [5, 5.41) is 8.34. The first-order valence-electron chi connectivity index (χ1n) is 42.1. The van der Waals surface area contributed by atoms with E-state index >= 15 is 0 Å². The number of nitrogens with zero attached hydrogens (tertiary/aromatic N) is 3. The van der Waals surface area contributed by atoms with Crippen LogP contribution in [0, 0.1) is 41.5 Å². The third-order valence-corrected chi connectivity index (χ3v) is 23.7.